The highest BCUT2D eigenvalue weighted by Gasteiger charge is 2.28. The number of nitrogens with one attached hydrogen (secondary N) is 1. The Bertz CT molecular complexity index is 817. The van der Waals surface area contributed by atoms with Crippen molar-refractivity contribution in [1.82, 2.24) is 10.2 Å². The van der Waals surface area contributed by atoms with E-state index in [9.17, 15) is 4.79 Å². The van der Waals surface area contributed by atoms with Gasteiger partial charge in [0.15, 0.2) is 0 Å². The van der Waals surface area contributed by atoms with E-state index in [0.717, 1.165) is 30.0 Å². The van der Waals surface area contributed by atoms with E-state index in [0.29, 0.717) is 6.54 Å². The highest BCUT2D eigenvalue weighted by atomic mass is 16.3. The molecular formula is C24H26N2O2. The van der Waals surface area contributed by atoms with Gasteiger partial charge in [0, 0.05) is 6.54 Å². The molecule has 1 aromatic heterocycles. The fourth-order valence-corrected chi connectivity index (χ4v) is 4.03. The second kappa shape index (κ2) is 8.89. The maximum absolute atomic E-state index is 13.3. The van der Waals surface area contributed by atoms with Crippen LogP contribution in [0.4, 0.5) is 0 Å². The van der Waals surface area contributed by atoms with E-state index in [1.807, 2.05) is 72.8 Å². The van der Waals surface area contributed by atoms with Crippen LogP contribution < -0.4 is 5.32 Å². The van der Waals surface area contributed by atoms with Crippen molar-refractivity contribution in [1.29, 1.82) is 0 Å². The van der Waals surface area contributed by atoms with Crippen LogP contribution in [0.1, 0.15) is 41.7 Å². The first kappa shape index (κ1) is 18.5. The molecule has 1 aliphatic rings. The number of carbonyl (C=O) groups excluding carboxylic acids is 1. The van der Waals surface area contributed by atoms with Gasteiger partial charge in [-0.25, -0.2) is 0 Å². The smallest absolute Gasteiger partial charge is 0.232 e. The number of nitrogens with zero attached hydrogens (tertiary/aromatic N) is 1. The van der Waals surface area contributed by atoms with Crippen molar-refractivity contribution in [3.05, 3.63) is 95.9 Å². The molecule has 1 amide bonds. The van der Waals surface area contributed by atoms with Gasteiger partial charge in [0.05, 0.1) is 18.2 Å². The number of benzene rings is 2. The van der Waals surface area contributed by atoms with Crippen LogP contribution in [0, 0.1) is 0 Å². The van der Waals surface area contributed by atoms with Crippen molar-refractivity contribution in [2.75, 3.05) is 19.6 Å². The van der Waals surface area contributed by atoms with Gasteiger partial charge in [-0.05, 0) is 49.2 Å². The molecule has 2 aromatic carbocycles. The number of carbonyl (C=O) groups is 1. The van der Waals surface area contributed by atoms with Crippen molar-refractivity contribution in [3.63, 3.8) is 0 Å². The zero-order valence-corrected chi connectivity index (χ0v) is 16.0. The molecule has 1 aliphatic heterocycles. The summed E-state index contributed by atoms with van der Waals surface area (Å²) in [7, 11) is 0. The summed E-state index contributed by atoms with van der Waals surface area (Å²) in [6.07, 6.45) is 4.10. The van der Waals surface area contributed by atoms with Crippen LogP contribution in [0.5, 0.6) is 0 Å². The van der Waals surface area contributed by atoms with E-state index >= 15 is 0 Å². The normalized spacial score (nSPS) is 15.6. The molecule has 4 heteroatoms. The quantitative estimate of drug-likeness (QED) is 0.668. The van der Waals surface area contributed by atoms with Crippen LogP contribution >= 0.6 is 0 Å². The minimum absolute atomic E-state index is 0.0214. The van der Waals surface area contributed by atoms with Crippen molar-refractivity contribution in [2.45, 2.75) is 24.8 Å². The summed E-state index contributed by atoms with van der Waals surface area (Å²) in [5.74, 6) is 0.615. The Labute approximate surface area is 166 Å². The summed E-state index contributed by atoms with van der Waals surface area (Å²) < 4.78 is 5.68. The van der Waals surface area contributed by atoms with Crippen LogP contribution in [-0.4, -0.2) is 30.4 Å². The first-order chi connectivity index (χ1) is 13.8. The topological polar surface area (TPSA) is 45.5 Å². The van der Waals surface area contributed by atoms with E-state index < -0.39 is 0 Å². The monoisotopic (exact) mass is 374 g/mol. The third-order valence-corrected chi connectivity index (χ3v) is 5.45. The summed E-state index contributed by atoms with van der Waals surface area (Å²) in [4.78, 5) is 15.7. The Hall–Kier alpha value is -2.85. The first-order valence-electron chi connectivity index (χ1n) is 9.98. The van der Waals surface area contributed by atoms with E-state index in [1.54, 1.807) is 6.26 Å². The van der Waals surface area contributed by atoms with Crippen molar-refractivity contribution < 1.29 is 9.21 Å². The molecule has 2 heterocycles. The molecule has 144 valence electrons. The summed E-state index contributed by atoms with van der Waals surface area (Å²) in [5.41, 5.74) is 2.00. The molecule has 1 saturated heterocycles. The first-order valence-corrected chi connectivity index (χ1v) is 9.98. The van der Waals surface area contributed by atoms with E-state index in [-0.39, 0.29) is 17.9 Å². The van der Waals surface area contributed by atoms with Gasteiger partial charge in [-0.3, -0.25) is 9.69 Å². The molecule has 0 radical (unpaired) electrons. The van der Waals surface area contributed by atoms with Crippen LogP contribution in [0.2, 0.25) is 0 Å². The standard InChI is InChI=1S/C24H26N2O2/c27-24(23(19-10-3-1-4-11-19)20-12-5-2-6-13-20)25-18-21(22-14-9-17-28-22)26-15-7-8-16-26/h1-6,9-14,17,21,23H,7-8,15-16,18H2,(H,25,27). The van der Waals surface area contributed by atoms with Crippen LogP contribution in [0.3, 0.4) is 0 Å². The number of amides is 1. The average Bonchev–Trinajstić information content (AvgIpc) is 3.45. The van der Waals surface area contributed by atoms with Gasteiger partial charge < -0.3 is 9.73 Å². The van der Waals surface area contributed by atoms with Crippen molar-refractivity contribution in [3.8, 4) is 0 Å². The molecular weight excluding hydrogens is 348 g/mol. The van der Waals surface area contributed by atoms with Crippen molar-refractivity contribution in [2.24, 2.45) is 0 Å². The molecule has 28 heavy (non-hydrogen) atoms. The van der Waals surface area contributed by atoms with Crippen LogP contribution in [-0.2, 0) is 4.79 Å². The van der Waals surface area contributed by atoms with Gasteiger partial charge in [0.1, 0.15) is 5.76 Å². The SMILES string of the molecule is O=C(NCC(c1ccco1)N1CCCC1)C(c1ccccc1)c1ccccc1. The maximum atomic E-state index is 13.3. The second-order valence-electron chi connectivity index (χ2n) is 7.27. The molecule has 1 fully saturated rings. The summed E-state index contributed by atoms with van der Waals surface area (Å²) in [6, 6.07) is 23.9. The van der Waals surface area contributed by atoms with Crippen molar-refractivity contribution >= 4 is 5.91 Å². The lowest BCUT2D eigenvalue weighted by Gasteiger charge is -2.27. The number of hydrogen-bond acceptors (Lipinski definition) is 3. The minimum atomic E-state index is -0.321. The fraction of sp³-hybridized carbons (Fsp3) is 0.292. The van der Waals surface area contributed by atoms with Gasteiger partial charge in [0.2, 0.25) is 5.91 Å². The predicted molar refractivity (Wildman–Crippen MR) is 110 cm³/mol. The lowest BCUT2D eigenvalue weighted by molar-refractivity contribution is -0.122. The summed E-state index contributed by atoms with van der Waals surface area (Å²) in [5, 5.41) is 3.20. The lowest BCUT2D eigenvalue weighted by atomic mass is 9.90. The third-order valence-electron chi connectivity index (χ3n) is 5.45. The molecule has 1 atom stereocenters. The minimum Gasteiger partial charge on any atom is -0.468 e. The van der Waals surface area contributed by atoms with E-state index in [1.165, 1.54) is 12.8 Å². The number of furan rings is 1. The van der Waals surface area contributed by atoms with Crippen LogP contribution in [0.25, 0.3) is 0 Å². The number of likely N-dealkylation sites (tertiary alicyclic amines) is 1. The molecule has 0 bridgehead atoms. The Morgan fingerprint density at radius 1 is 0.893 bits per heavy atom. The Balaban J connectivity index is 1.54. The lowest BCUT2D eigenvalue weighted by Crippen LogP contribution is -2.38. The Morgan fingerprint density at radius 3 is 2.04 bits per heavy atom. The van der Waals surface area contributed by atoms with E-state index in [4.69, 9.17) is 4.42 Å². The van der Waals surface area contributed by atoms with Gasteiger partial charge in [-0.15, -0.1) is 0 Å². The van der Waals surface area contributed by atoms with E-state index in [2.05, 4.69) is 10.2 Å². The molecule has 1 unspecified atom stereocenters. The van der Waals surface area contributed by atoms with Gasteiger partial charge in [-0.2, -0.15) is 0 Å². The molecule has 0 aliphatic carbocycles. The second-order valence-corrected chi connectivity index (χ2v) is 7.27. The summed E-state index contributed by atoms with van der Waals surface area (Å²) in [6.45, 7) is 2.63. The highest BCUT2D eigenvalue weighted by Crippen LogP contribution is 2.27. The average molecular weight is 374 g/mol. The zero-order valence-electron chi connectivity index (χ0n) is 16.0. The third kappa shape index (κ3) is 4.18. The Kier molecular flexibility index (Phi) is 5.88. The fourth-order valence-electron chi connectivity index (χ4n) is 4.03. The molecule has 3 aromatic rings. The summed E-state index contributed by atoms with van der Waals surface area (Å²) >= 11 is 0. The highest BCUT2D eigenvalue weighted by molar-refractivity contribution is 5.87. The zero-order chi connectivity index (χ0) is 19.2. The van der Waals surface area contributed by atoms with Crippen LogP contribution in [0.15, 0.2) is 83.5 Å². The molecule has 4 nitrogen and oxygen atoms in total. The Morgan fingerprint density at radius 2 is 1.50 bits per heavy atom. The molecule has 4 rings (SSSR count). The molecule has 0 spiro atoms. The maximum Gasteiger partial charge on any atom is 0.232 e. The van der Waals surface area contributed by atoms with Gasteiger partial charge >= 0.3 is 0 Å². The number of rotatable bonds is 7. The molecule has 1 N–H and O–H groups in total. The predicted octanol–water partition coefficient (Wildman–Crippen LogP) is 4.36. The largest absolute Gasteiger partial charge is 0.468 e. The molecule has 0 saturated carbocycles. The van der Waals surface area contributed by atoms with Gasteiger partial charge in [-0.1, -0.05) is 60.7 Å². The number of hydrogen-bond donors (Lipinski definition) is 1. The van der Waals surface area contributed by atoms with Gasteiger partial charge in [0.25, 0.3) is 0 Å².